The van der Waals surface area contributed by atoms with Gasteiger partial charge in [0.15, 0.2) is 0 Å². The normalized spacial score (nSPS) is 9.42. The number of carbonyl (C=O) groups is 1. The van der Waals surface area contributed by atoms with E-state index in [1.807, 2.05) is 0 Å². The minimum Gasteiger partial charge on any atom is -0.508 e. The van der Waals surface area contributed by atoms with Gasteiger partial charge in [0.05, 0.1) is 0 Å². The topological polar surface area (TPSA) is 66.8 Å². The molecule has 2 N–H and O–H groups in total. The second-order valence-electron chi connectivity index (χ2n) is 2.32. The lowest BCUT2D eigenvalue weighted by molar-refractivity contribution is 0.144. The van der Waals surface area contributed by atoms with Crippen LogP contribution in [0.2, 0.25) is 0 Å². The van der Waals surface area contributed by atoms with E-state index < -0.39 is 6.16 Å². The molecule has 0 radical (unpaired) electrons. The lowest BCUT2D eigenvalue weighted by Gasteiger charge is -2.03. The van der Waals surface area contributed by atoms with Gasteiger partial charge in [-0.2, -0.15) is 0 Å². The summed E-state index contributed by atoms with van der Waals surface area (Å²) in [5.41, 5.74) is 0.662. The maximum Gasteiger partial charge on any atom is 0.511 e. The molecule has 1 aromatic carbocycles. The molecule has 0 aliphatic rings. The molecule has 1 rings (SSSR count). The van der Waals surface area contributed by atoms with Gasteiger partial charge in [-0.3, -0.25) is 0 Å². The zero-order chi connectivity index (χ0) is 9.14. The average molecular weight is 168 g/mol. The summed E-state index contributed by atoms with van der Waals surface area (Å²) < 4.78 is 4.38. The maximum absolute atomic E-state index is 10.1. The maximum atomic E-state index is 10.1. The Hall–Kier alpha value is -1.71. The van der Waals surface area contributed by atoms with E-state index in [9.17, 15) is 4.79 Å². The van der Waals surface area contributed by atoms with Gasteiger partial charge in [0.25, 0.3) is 0 Å². The first kappa shape index (κ1) is 8.39. The first-order chi connectivity index (χ1) is 5.59. The molecule has 12 heavy (non-hydrogen) atoms. The smallest absolute Gasteiger partial charge is 0.508 e. The first-order valence-electron chi connectivity index (χ1n) is 3.30. The van der Waals surface area contributed by atoms with Gasteiger partial charge in [-0.15, -0.1) is 0 Å². The zero-order valence-corrected chi connectivity index (χ0v) is 6.44. The highest BCUT2D eigenvalue weighted by Crippen LogP contribution is 2.22. The van der Waals surface area contributed by atoms with Gasteiger partial charge in [-0.25, -0.2) is 4.79 Å². The third-order valence-corrected chi connectivity index (χ3v) is 1.37. The zero-order valence-electron chi connectivity index (χ0n) is 6.44. The summed E-state index contributed by atoms with van der Waals surface area (Å²) in [6, 6.07) is 4.29. The van der Waals surface area contributed by atoms with Gasteiger partial charge >= 0.3 is 6.16 Å². The van der Waals surface area contributed by atoms with Crippen LogP contribution >= 0.6 is 0 Å². The summed E-state index contributed by atoms with van der Waals surface area (Å²) in [4.78, 5) is 10.1. The molecule has 0 fully saturated rings. The van der Waals surface area contributed by atoms with Crippen molar-refractivity contribution in [1.82, 2.24) is 0 Å². The Kier molecular flexibility index (Phi) is 2.19. The van der Waals surface area contributed by atoms with Gasteiger partial charge in [-0.1, -0.05) is 6.07 Å². The summed E-state index contributed by atoms with van der Waals surface area (Å²) >= 11 is 0. The number of hydrogen-bond donors (Lipinski definition) is 2. The largest absolute Gasteiger partial charge is 0.511 e. The molecule has 1 aromatic rings. The number of ether oxygens (including phenoxy) is 1. The monoisotopic (exact) mass is 168 g/mol. The molecule has 0 saturated heterocycles. The number of phenols is 1. The van der Waals surface area contributed by atoms with Crippen molar-refractivity contribution < 1.29 is 19.7 Å². The molecule has 0 aromatic heterocycles. The van der Waals surface area contributed by atoms with Gasteiger partial charge in [0.1, 0.15) is 11.5 Å². The van der Waals surface area contributed by atoms with Gasteiger partial charge in [0.2, 0.25) is 0 Å². The van der Waals surface area contributed by atoms with Crippen molar-refractivity contribution >= 4 is 6.16 Å². The lowest BCUT2D eigenvalue weighted by atomic mass is 10.2. The molecule has 0 spiro atoms. The second kappa shape index (κ2) is 3.13. The number of rotatable bonds is 1. The van der Waals surface area contributed by atoms with Crippen LogP contribution in [0, 0.1) is 6.92 Å². The van der Waals surface area contributed by atoms with Crippen molar-refractivity contribution in [1.29, 1.82) is 0 Å². The third-order valence-electron chi connectivity index (χ3n) is 1.37. The molecule has 0 heterocycles. The Morgan fingerprint density at radius 2 is 2.17 bits per heavy atom. The minimum absolute atomic E-state index is 0.0168. The van der Waals surface area contributed by atoms with Crippen LogP contribution in [0.4, 0.5) is 4.79 Å². The quantitative estimate of drug-likeness (QED) is 0.495. The predicted octanol–water partition coefficient (Wildman–Crippen LogP) is 1.76. The molecule has 0 amide bonds. The number of benzene rings is 1. The van der Waals surface area contributed by atoms with E-state index in [2.05, 4.69) is 4.74 Å². The Morgan fingerprint density at radius 1 is 1.50 bits per heavy atom. The number of carboxylic acid groups (broad SMARTS) is 1. The lowest BCUT2D eigenvalue weighted by Crippen LogP contribution is -2.03. The summed E-state index contributed by atoms with van der Waals surface area (Å²) in [6.45, 7) is 1.69. The van der Waals surface area contributed by atoms with E-state index in [0.717, 1.165) is 0 Å². The van der Waals surface area contributed by atoms with Gasteiger partial charge < -0.3 is 14.9 Å². The van der Waals surface area contributed by atoms with E-state index in [4.69, 9.17) is 10.2 Å². The van der Waals surface area contributed by atoms with Crippen LogP contribution < -0.4 is 4.74 Å². The van der Waals surface area contributed by atoms with Crippen molar-refractivity contribution in [2.75, 3.05) is 0 Å². The molecule has 0 unspecified atom stereocenters. The van der Waals surface area contributed by atoms with E-state index in [-0.39, 0.29) is 11.5 Å². The molecule has 64 valence electrons. The van der Waals surface area contributed by atoms with E-state index in [1.165, 1.54) is 12.1 Å². The molecule has 0 aliphatic carbocycles. The summed E-state index contributed by atoms with van der Waals surface area (Å²) in [7, 11) is 0. The van der Waals surface area contributed by atoms with Crippen LogP contribution in [-0.4, -0.2) is 16.4 Å². The summed E-state index contributed by atoms with van der Waals surface area (Å²) in [5, 5.41) is 17.3. The summed E-state index contributed by atoms with van der Waals surface area (Å²) in [6.07, 6.45) is -1.39. The van der Waals surface area contributed by atoms with Gasteiger partial charge in [-0.05, 0) is 18.6 Å². The number of aromatic hydroxyl groups is 1. The van der Waals surface area contributed by atoms with Crippen molar-refractivity contribution in [3.63, 3.8) is 0 Å². The van der Waals surface area contributed by atoms with Gasteiger partial charge in [0, 0.05) is 6.07 Å². The van der Waals surface area contributed by atoms with Crippen molar-refractivity contribution in [3.05, 3.63) is 23.8 Å². The molecule has 4 heteroatoms. The van der Waals surface area contributed by atoms with Crippen LogP contribution in [0.25, 0.3) is 0 Å². The fourth-order valence-corrected chi connectivity index (χ4v) is 0.793. The van der Waals surface area contributed by atoms with Crippen LogP contribution in [0.5, 0.6) is 11.5 Å². The minimum atomic E-state index is -1.39. The highest BCUT2D eigenvalue weighted by Gasteiger charge is 2.04. The Morgan fingerprint density at radius 3 is 2.75 bits per heavy atom. The third kappa shape index (κ3) is 1.88. The Balaban J connectivity index is 2.97. The average Bonchev–Trinajstić information content (AvgIpc) is 1.96. The molecule has 4 nitrogen and oxygen atoms in total. The molecule has 0 saturated carbocycles. The van der Waals surface area contributed by atoms with E-state index in [1.54, 1.807) is 13.0 Å². The molecule has 0 bridgehead atoms. The Bertz CT molecular complexity index is 306. The van der Waals surface area contributed by atoms with Crippen LogP contribution in [0.3, 0.4) is 0 Å². The van der Waals surface area contributed by atoms with E-state index >= 15 is 0 Å². The van der Waals surface area contributed by atoms with Crippen molar-refractivity contribution in [2.24, 2.45) is 0 Å². The summed E-state index contributed by atoms with van der Waals surface area (Å²) in [5.74, 6) is 0.138. The van der Waals surface area contributed by atoms with Crippen molar-refractivity contribution in [2.45, 2.75) is 6.92 Å². The second-order valence-corrected chi connectivity index (χ2v) is 2.32. The highest BCUT2D eigenvalue weighted by molar-refractivity contribution is 5.62. The number of aryl methyl sites for hydroxylation is 1. The molecular weight excluding hydrogens is 160 g/mol. The van der Waals surface area contributed by atoms with Crippen LogP contribution in [0.1, 0.15) is 5.56 Å². The SMILES string of the molecule is Cc1ccc(O)cc1OC(=O)O. The fourth-order valence-electron chi connectivity index (χ4n) is 0.793. The highest BCUT2D eigenvalue weighted by atomic mass is 16.7. The first-order valence-corrected chi connectivity index (χ1v) is 3.30. The van der Waals surface area contributed by atoms with Crippen LogP contribution in [0.15, 0.2) is 18.2 Å². The molecule has 0 aliphatic heterocycles. The number of hydrogen-bond acceptors (Lipinski definition) is 3. The molecule has 0 atom stereocenters. The number of phenolic OH excluding ortho intramolecular Hbond substituents is 1. The van der Waals surface area contributed by atoms with Crippen LogP contribution in [-0.2, 0) is 0 Å². The fraction of sp³-hybridized carbons (Fsp3) is 0.125. The predicted molar refractivity (Wildman–Crippen MR) is 41.5 cm³/mol. The standard InChI is InChI=1S/C8H8O4/c1-5-2-3-6(9)4-7(5)12-8(10)11/h2-4,9H,1H3,(H,10,11). The molecular formula is C8H8O4. The van der Waals surface area contributed by atoms with E-state index in [0.29, 0.717) is 5.56 Å². The Labute approximate surface area is 69.0 Å². The van der Waals surface area contributed by atoms with Crippen molar-refractivity contribution in [3.8, 4) is 11.5 Å².